The molecule has 0 bridgehead atoms. The normalized spacial score (nSPS) is 10.8. The summed E-state index contributed by atoms with van der Waals surface area (Å²) in [7, 11) is 0. The SMILES string of the molecule is O=C(Cn1nnc2ccccc2c1=O)OCc1cccc(F)c1F. The molecule has 24 heavy (non-hydrogen) atoms. The van der Waals surface area contributed by atoms with Crippen molar-refractivity contribution in [2.45, 2.75) is 13.2 Å². The number of carbonyl (C=O) groups excluding carboxylic acids is 1. The molecule has 0 aliphatic carbocycles. The van der Waals surface area contributed by atoms with Crippen molar-refractivity contribution in [1.82, 2.24) is 15.0 Å². The third kappa shape index (κ3) is 3.12. The standard InChI is InChI=1S/C16H11F2N3O3/c17-12-6-3-4-10(15(12)18)9-24-14(22)8-21-16(23)11-5-1-2-7-13(11)19-20-21/h1-7H,8-9H2. The summed E-state index contributed by atoms with van der Waals surface area (Å²) in [5, 5.41) is 7.80. The summed E-state index contributed by atoms with van der Waals surface area (Å²) in [6.07, 6.45) is 0. The van der Waals surface area contributed by atoms with Crippen LogP contribution in [0.15, 0.2) is 47.3 Å². The van der Waals surface area contributed by atoms with Gasteiger partial charge in [0.05, 0.1) is 5.39 Å². The predicted molar refractivity (Wildman–Crippen MR) is 80.0 cm³/mol. The summed E-state index contributed by atoms with van der Waals surface area (Å²) < 4.78 is 32.3. The third-order valence-corrected chi connectivity index (χ3v) is 3.33. The van der Waals surface area contributed by atoms with E-state index in [1.165, 1.54) is 12.1 Å². The van der Waals surface area contributed by atoms with E-state index in [4.69, 9.17) is 4.74 Å². The Morgan fingerprint density at radius 2 is 1.92 bits per heavy atom. The number of aromatic nitrogens is 3. The molecule has 0 N–H and O–H groups in total. The Labute approximate surface area is 134 Å². The van der Waals surface area contributed by atoms with E-state index in [0.29, 0.717) is 10.9 Å². The van der Waals surface area contributed by atoms with E-state index in [-0.39, 0.29) is 5.56 Å². The molecule has 122 valence electrons. The van der Waals surface area contributed by atoms with Crippen molar-refractivity contribution in [1.29, 1.82) is 0 Å². The van der Waals surface area contributed by atoms with Crippen molar-refractivity contribution >= 4 is 16.9 Å². The highest BCUT2D eigenvalue weighted by Gasteiger charge is 2.13. The van der Waals surface area contributed by atoms with Crippen molar-refractivity contribution in [2.75, 3.05) is 0 Å². The molecule has 0 spiro atoms. The van der Waals surface area contributed by atoms with E-state index in [1.54, 1.807) is 24.3 Å². The number of carbonyl (C=O) groups is 1. The zero-order chi connectivity index (χ0) is 17.1. The highest BCUT2D eigenvalue weighted by molar-refractivity contribution is 5.77. The molecule has 0 unspecified atom stereocenters. The Morgan fingerprint density at radius 3 is 2.75 bits per heavy atom. The molecule has 0 radical (unpaired) electrons. The van der Waals surface area contributed by atoms with Gasteiger partial charge in [0.2, 0.25) is 0 Å². The van der Waals surface area contributed by atoms with E-state index in [0.717, 1.165) is 10.7 Å². The van der Waals surface area contributed by atoms with Gasteiger partial charge in [0.15, 0.2) is 11.6 Å². The van der Waals surface area contributed by atoms with Crippen LogP contribution in [0, 0.1) is 11.6 Å². The maximum atomic E-state index is 13.5. The molecule has 0 amide bonds. The Bertz CT molecular complexity index is 972. The van der Waals surface area contributed by atoms with Gasteiger partial charge in [-0.3, -0.25) is 9.59 Å². The van der Waals surface area contributed by atoms with Crippen LogP contribution >= 0.6 is 0 Å². The third-order valence-electron chi connectivity index (χ3n) is 3.33. The van der Waals surface area contributed by atoms with Crippen molar-refractivity contribution in [3.63, 3.8) is 0 Å². The quantitative estimate of drug-likeness (QED) is 0.682. The highest BCUT2D eigenvalue weighted by Crippen LogP contribution is 2.12. The van der Waals surface area contributed by atoms with Crippen LogP contribution in [0.3, 0.4) is 0 Å². The van der Waals surface area contributed by atoms with Crippen LogP contribution in [-0.2, 0) is 22.7 Å². The minimum absolute atomic E-state index is 0.0970. The van der Waals surface area contributed by atoms with Crippen molar-refractivity contribution in [3.05, 3.63) is 70.0 Å². The van der Waals surface area contributed by atoms with Crippen LogP contribution in [-0.4, -0.2) is 21.0 Å². The molecule has 0 atom stereocenters. The van der Waals surface area contributed by atoms with E-state index < -0.39 is 36.3 Å². The molecule has 8 heteroatoms. The van der Waals surface area contributed by atoms with Crippen molar-refractivity contribution in [3.8, 4) is 0 Å². The number of hydrogen-bond acceptors (Lipinski definition) is 5. The Balaban J connectivity index is 1.72. The monoisotopic (exact) mass is 331 g/mol. The van der Waals surface area contributed by atoms with Crippen molar-refractivity contribution < 1.29 is 18.3 Å². The maximum Gasteiger partial charge on any atom is 0.328 e. The largest absolute Gasteiger partial charge is 0.459 e. The molecule has 1 aromatic heterocycles. The molecular weight excluding hydrogens is 320 g/mol. The van der Waals surface area contributed by atoms with Crippen LogP contribution in [0.5, 0.6) is 0 Å². The molecule has 0 aliphatic rings. The number of hydrogen-bond donors (Lipinski definition) is 0. The number of rotatable bonds is 4. The predicted octanol–water partition coefficient (Wildman–Crippen LogP) is 1.81. The molecule has 3 rings (SSSR count). The van der Waals surface area contributed by atoms with Gasteiger partial charge < -0.3 is 4.74 Å². The molecule has 0 saturated heterocycles. The molecule has 1 heterocycles. The van der Waals surface area contributed by atoms with Gasteiger partial charge in [-0.1, -0.05) is 29.5 Å². The summed E-state index contributed by atoms with van der Waals surface area (Å²) in [6.45, 7) is -0.925. The second-order valence-corrected chi connectivity index (χ2v) is 4.94. The van der Waals surface area contributed by atoms with Gasteiger partial charge in [0, 0.05) is 5.56 Å². The van der Waals surface area contributed by atoms with E-state index >= 15 is 0 Å². The first-order valence-corrected chi connectivity index (χ1v) is 6.97. The van der Waals surface area contributed by atoms with Crippen LogP contribution in [0.2, 0.25) is 0 Å². The van der Waals surface area contributed by atoms with Crippen LogP contribution < -0.4 is 5.56 Å². The fraction of sp³-hybridized carbons (Fsp3) is 0.125. The summed E-state index contributed by atoms with van der Waals surface area (Å²) in [5.41, 5.74) is -0.177. The van der Waals surface area contributed by atoms with Gasteiger partial charge in [-0.25, -0.2) is 8.78 Å². The fourth-order valence-electron chi connectivity index (χ4n) is 2.11. The lowest BCUT2D eigenvalue weighted by atomic mass is 10.2. The van der Waals surface area contributed by atoms with Gasteiger partial charge >= 0.3 is 5.97 Å². The van der Waals surface area contributed by atoms with Gasteiger partial charge in [-0.05, 0) is 18.2 Å². The number of halogens is 2. The highest BCUT2D eigenvalue weighted by atomic mass is 19.2. The average Bonchev–Trinajstić information content (AvgIpc) is 2.59. The maximum absolute atomic E-state index is 13.5. The molecule has 0 fully saturated rings. The first kappa shape index (κ1) is 15.7. The van der Waals surface area contributed by atoms with Gasteiger partial charge in [0.1, 0.15) is 18.7 Å². The second kappa shape index (κ2) is 6.53. The minimum atomic E-state index is -1.08. The van der Waals surface area contributed by atoms with Crippen LogP contribution in [0.25, 0.3) is 10.9 Å². The van der Waals surface area contributed by atoms with Crippen LogP contribution in [0.4, 0.5) is 8.78 Å². The lowest BCUT2D eigenvalue weighted by molar-refractivity contribution is -0.146. The number of esters is 1. The molecule has 6 nitrogen and oxygen atoms in total. The summed E-state index contributed by atoms with van der Waals surface area (Å²) in [5.74, 6) is -2.92. The van der Waals surface area contributed by atoms with Crippen LogP contribution in [0.1, 0.15) is 5.56 Å². The van der Waals surface area contributed by atoms with E-state index in [2.05, 4.69) is 10.3 Å². The summed E-state index contributed by atoms with van der Waals surface area (Å²) >= 11 is 0. The smallest absolute Gasteiger partial charge is 0.328 e. The zero-order valence-electron chi connectivity index (χ0n) is 12.3. The number of benzene rings is 2. The summed E-state index contributed by atoms with van der Waals surface area (Å²) in [4.78, 5) is 24.0. The lowest BCUT2D eigenvalue weighted by Crippen LogP contribution is -2.28. The first-order valence-electron chi connectivity index (χ1n) is 6.97. The molecule has 3 aromatic rings. The molecule has 0 saturated carbocycles. The first-order chi connectivity index (χ1) is 11.6. The number of ether oxygens (including phenoxy) is 1. The summed E-state index contributed by atoms with van der Waals surface area (Å²) in [6, 6.07) is 10.1. The number of nitrogens with zero attached hydrogens (tertiary/aromatic N) is 3. The average molecular weight is 331 g/mol. The lowest BCUT2D eigenvalue weighted by Gasteiger charge is -2.07. The van der Waals surface area contributed by atoms with Gasteiger partial charge in [-0.2, -0.15) is 4.68 Å². The Kier molecular flexibility index (Phi) is 4.28. The second-order valence-electron chi connectivity index (χ2n) is 4.94. The fourth-order valence-corrected chi connectivity index (χ4v) is 2.11. The Morgan fingerprint density at radius 1 is 1.12 bits per heavy atom. The van der Waals surface area contributed by atoms with Crippen molar-refractivity contribution in [2.24, 2.45) is 0 Å². The minimum Gasteiger partial charge on any atom is -0.459 e. The zero-order valence-corrected chi connectivity index (χ0v) is 12.3. The van der Waals surface area contributed by atoms with Gasteiger partial charge in [0.25, 0.3) is 5.56 Å². The van der Waals surface area contributed by atoms with Gasteiger partial charge in [-0.15, -0.1) is 5.10 Å². The molecule has 2 aromatic carbocycles. The Hall–Kier alpha value is -3.16. The van der Waals surface area contributed by atoms with E-state index in [1.807, 2.05) is 0 Å². The topological polar surface area (TPSA) is 74.1 Å². The van der Waals surface area contributed by atoms with E-state index in [9.17, 15) is 18.4 Å². The molecular formula is C16H11F2N3O3. The number of fused-ring (bicyclic) bond motifs is 1. The molecule has 0 aliphatic heterocycles.